The summed E-state index contributed by atoms with van der Waals surface area (Å²) in [4.78, 5) is 10.8. The number of halogens is 1. The van der Waals surface area contributed by atoms with Crippen molar-refractivity contribution in [2.45, 2.75) is 45.4 Å². The monoisotopic (exact) mass is 543 g/mol. The van der Waals surface area contributed by atoms with Crippen LogP contribution in [0.15, 0.2) is 42.6 Å². The maximum absolute atomic E-state index is 15.2. The average Bonchev–Trinajstić information content (AvgIpc) is 3.26. The number of hydrogen-bond donors (Lipinski definition) is 0. The summed E-state index contributed by atoms with van der Waals surface area (Å²) >= 11 is 0. The van der Waals surface area contributed by atoms with E-state index in [0.717, 1.165) is 53.4 Å². The summed E-state index contributed by atoms with van der Waals surface area (Å²) < 4.78 is 28.5. The van der Waals surface area contributed by atoms with E-state index in [9.17, 15) is 0 Å². The van der Waals surface area contributed by atoms with Crippen LogP contribution >= 0.6 is 0 Å². The Kier molecular flexibility index (Phi) is 7.54. The molecule has 2 aromatic heterocycles. The quantitative estimate of drug-likeness (QED) is 0.140. The average molecular weight is 544 g/mol. The molecule has 9 heteroatoms. The summed E-state index contributed by atoms with van der Waals surface area (Å²) in [6.07, 6.45) is 2.78. The van der Waals surface area contributed by atoms with E-state index in [1.807, 2.05) is 12.3 Å². The zero-order valence-electron chi connectivity index (χ0n) is 23.2. The molecular weight excluding hydrogens is 509 g/mol. The summed E-state index contributed by atoms with van der Waals surface area (Å²) in [6.45, 7) is 17.6. The van der Waals surface area contributed by atoms with Gasteiger partial charge in [0, 0.05) is 62.6 Å². The second kappa shape index (κ2) is 10.9. The molecule has 0 bridgehead atoms. The van der Waals surface area contributed by atoms with Gasteiger partial charge in [0.25, 0.3) is 0 Å². The van der Waals surface area contributed by atoms with Crippen LogP contribution in [0.5, 0.6) is 5.75 Å². The van der Waals surface area contributed by atoms with Crippen LogP contribution in [-0.4, -0.2) is 55.0 Å². The highest BCUT2D eigenvalue weighted by Crippen LogP contribution is 2.43. The third-order valence-electron chi connectivity index (χ3n) is 7.17. The van der Waals surface area contributed by atoms with Gasteiger partial charge in [-0.2, -0.15) is 5.10 Å². The highest BCUT2D eigenvalue weighted by molar-refractivity contribution is 6.76. The molecule has 4 aromatic rings. The minimum atomic E-state index is -1.24. The molecule has 0 spiro atoms. The molecule has 0 radical (unpaired) electrons. The first-order valence-electron chi connectivity index (χ1n) is 13.2. The zero-order chi connectivity index (χ0) is 27.7. The number of ether oxygens (including phenoxy) is 2. The molecule has 0 saturated carbocycles. The van der Waals surface area contributed by atoms with Crippen LogP contribution in [-0.2, 0) is 24.4 Å². The molecule has 39 heavy (non-hydrogen) atoms. The van der Waals surface area contributed by atoms with E-state index in [2.05, 4.69) is 42.5 Å². The van der Waals surface area contributed by atoms with Gasteiger partial charge in [-0.05, 0) is 48.5 Å². The molecule has 5 rings (SSSR count). The summed E-state index contributed by atoms with van der Waals surface area (Å²) in [6, 6.07) is 11.5. The van der Waals surface area contributed by atoms with E-state index in [1.54, 1.807) is 22.9 Å². The van der Waals surface area contributed by atoms with E-state index in [0.29, 0.717) is 23.6 Å². The van der Waals surface area contributed by atoms with Crippen molar-refractivity contribution in [3.8, 4) is 28.1 Å². The highest BCUT2D eigenvalue weighted by atomic mass is 28.3. The van der Waals surface area contributed by atoms with Crippen LogP contribution in [0, 0.1) is 12.4 Å². The van der Waals surface area contributed by atoms with Crippen molar-refractivity contribution in [1.82, 2.24) is 19.7 Å². The van der Waals surface area contributed by atoms with Crippen molar-refractivity contribution in [2.75, 3.05) is 27.3 Å². The van der Waals surface area contributed by atoms with E-state index >= 15 is 4.39 Å². The number of aromatic nitrogens is 3. The summed E-state index contributed by atoms with van der Waals surface area (Å²) in [7, 11) is 2.37. The molecule has 0 aliphatic carbocycles. The van der Waals surface area contributed by atoms with Crippen LogP contribution in [0.2, 0.25) is 25.7 Å². The van der Waals surface area contributed by atoms with Gasteiger partial charge in [-0.3, -0.25) is 4.98 Å². The number of nitrogens with zero attached hydrogens (tertiary/aromatic N) is 5. The van der Waals surface area contributed by atoms with Crippen molar-refractivity contribution >= 4 is 24.7 Å². The Balaban J connectivity index is 1.67. The number of benzene rings is 2. The van der Waals surface area contributed by atoms with Gasteiger partial charge in [-0.15, -0.1) is 0 Å². The number of rotatable bonds is 8. The molecule has 0 saturated heterocycles. The van der Waals surface area contributed by atoms with E-state index < -0.39 is 13.9 Å². The lowest BCUT2D eigenvalue weighted by Gasteiger charge is -2.24. The first kappa shape index (κ1) is 27.0. The molecular formula is C30H34FN5O2Si. The SMILES string of the molecule is [C-]#[N+]c1cc2c(cc1-c1c(F)cccc1OC)c(-c1cnc3c(c1)CN(C)CC3)nn2COCC[Si](C)(C)C. The first-order chi connectivity index (χ1) is 18.7. The molecule has 1 aliphatic rings. The fraction of sp³-hybridized carbons (Fsp3) is 0.367. The molecule has 3 heterocycles. The lowest BCUT2D eigenvalue weighted by molar-refractivity contribution is 0.0819. The van der Waals surface area contributed by atoms with Crippen LogP contribution < -0.4 is 4.74 Å². The fourth-order valence-electron chi connectivity index (χ4n) is 4.98. The van der Waals surface area contributed by atoms with Crippen LogP contribution in [0.25, 0.3) is 38.1 Å². The predicted molar refractivity (Wildman–Crippen MR) is 155 cm³/mol. The van der Waals surface area contributed by atoms with Gasteiger partial charge in [0.2, 0.25) is 0 Å². The predicted octanol–water partition coefficient (Wildman–Crippen LogP) is 6.76. The van der Waals surface area contributed by atoms with Gasteiger partial charge in [-0.25, -0.2) is 13.9 Å². The van der Waals surface area contributed by atoms with Gasteiger partial charge in [0.1, 0.15) is 24.0 Å². The van der Waals surface area contributed by atoms with Crippen LogP contribution in [0.1, 0.15) is 11.3 Å². The summed E-state index contributed by atoms with van der Waals surface area (Å²) in [5, 5.41) is 5.77. The van der Waals surface area contributed by atoms with Crippen molar-refractivity contribution in [3.63, 3.8) is 0 Å². The number of hydrogen-bond acceptors (Lipinski definition) is 5. The Morgan fingerprint density at radius 3 is 2.74 bits per heavy atom. The van der Waals surface area contributed by atoms with E-state index in [1.165, 1.54) is 18.7 Å². The maximum Gasteiger partial charge on any atom is 0.197 e. The molecule has 202 valence electrons. The largest absolute Gasteiger partial charge is 0.496 e. The Morgan fingerprint density at radius 2 is 2.00 bits per heavy atom. The van der Waals surface area contributed by atoms with Gasteiger partial charge in [0.05, 0.1) is 19.2 Å². The number of fused-ring (bicyclic) bond motifs is 2. The Bertz CT molecular complexity index is 1570. The minimum absolute atomic E-state index is 0.266. The van der Waals surface area contributed by atoms with Crippen molar-refractivity contribution in [2.24, 2.45) is 0 Å². The van der Waals surface area contributed by atoms with Crippen molar-refractivity contribution in [3.05, 3.63) is 71.1 Å². The van der Waals surface area contributed by atoms with Crippen molar-refractivity contribution in [1.29, 1.82) is 0 Å². The number of pyridine rings is 1. The fourth-order valence-corrected chi connectivity index (χ4v) is 5.73. The number of methoxy groups -OCH3 is 1. The lowest BCUT2D eigenvalue weighted by Crippen LogP contribution is -2.27. The Labute approximate surface area is 230 Å². The minimum Gasteiger partial charge on any atom is -0.496 e. The van der Waals surface area contributed by atoms with Crippen LogP contribution in [0.4, 0.5) is 10.1 Å². The molecule has 0 fully saturated rings. The van der Waals surface area contributed by atoms with Gasteiger partial charge < -0.3 is 14.4 Å². The van der Waals surface area contributed by atoms with Gasteiger partial charge in [-0.1, -0.05) is 31.8 Å². The molecule has 2 aromatic carbocycles. The molecule has 0 amide bonds. The molecule has 0 atom stereocenters. The molecule has 0 N–H and O–H groups in total. The topological polar surface area (TPSA) is 56.8 Å². The highest BCUT2D eigenvalue weighted by Gasteiger charge is 2.23. The van der Waals surface area contributed by atoms with Gasteiger partial charge >= 0.3 is 0 Å². The van der Waals surface area contributed by atoms with Gasteiger partial charge in [0.15, 0.2) is 5.69 Å². The second-order valence-electron chi connectivity index (χ2n) is 11.3. The van der Waals surface area contributed by atoms with Crippen LogP contribution in [0.3, 0.4) is 0 Å². The smallest absolute Gasteiger partial charge is 0.197 e. The lowest BCUT2D eigenvalue weighted by atomic mass is 9.97. The molecule has 7 nitrogen and oxygen atoms in total. The molecule has 1 aliphatic heterocycles. The summed E-state index contributed by atoms with van der Waals surface area (Å²) in [5.74, 6) is -0.0675. The second-order valence-corrected chi connectivity index (χ2v) is 17.0. The summed E-state index contributed by atoms with van der Waals surface area (Å²) in [5.41, 5.74) is 5.74. The van der Waals surface area contributed by atoms with E-state index in [4.69, 9.17) is 26.1 Å². The maximum atomic E-state index is 15.2. The zero-order valence-corrected chi connectivity index (χ0v) is 24.2. The third kappa shape index (κ3) is 5.59. The standard InChI is InChI=1S/C30H34FN5O2Si/c1-32-26-16-27-23(15-22(26)29-24(31)8-7-9-28(29)37-3)30(34-36(27)19-38-12-13-39(4,5)6)20-14-21-18-35(2)11-10-25(21)33-17-20/h7-9,14-17H,10-13,18-19H2,2-6H3. The Hall–Kier alpha value is -3.58. The van der Waals surface area contributed by atoms with Crippen molar-refractivity contribution < 1.29 is 13.9 Å². The normalized spacial score (nSPS) is 13.9. The Morgan fingerprint density at radius 1 is 1.18 bits per heavy atom. The molecule has 0 unspecified atom stereocenters. The first-order valence-corrected chi connectivity index (χ1v) is 16.9. The van der Waals surface area contributed by atoms with E-state index in [-0.39, 0.29) is 12.3 Å². The number of likely N-dealkylation sites (N-methyl/N-ethyl adjacent to an activating group) is 1. The third-order valence-corrected chi connectivity index (χ3v) is 8.87.